The van der Waals surface area contributed by atoms with Gasteiger partial charge in [0.05, 0.1) is 0 Å². The second-order valence-electron chi connectivity index (χ2n) is 4.64. The molecule has 0 spiro atoms. The Kier molecular flexibility index (Phi) is 3.86. The van der Waals surface area contributed by atoms with Crippen LogP contribution in [0.2, 0.25) is 5.02 Å². The van der Waals surface area contributed by atoms with Gasteiger partial charge in [0.2, 0.25) is 5.78 Å². The van der Waals surface area contributed by atoms with E-state index in [2.05, 4.69) is 4.98 Å². The summed E-state index contributed by atoms with van der Waals surface area (Å²) in [5.74, 6) is 0.488. The molecule has 19 heavy (non-hydrogen) atoms. The predicted molar refractivity (Wildman–Crippen MR) is 74.7 cm³/mol. The molecule has 0 amide bonds. The van der Waals surface area contributed by atoms with Crippen LogP contribution in [0.15, 0.2) is 48.8 Å². The standard InChI is InChI=1S/C15H14ClNO2/c1-15(2,14(18)11-4-3-9-17-10-11)19-13-7-5-12(16)6-8-13/h3-10H,1-2H3. The minimum atomic E-state index is -0.961. The van der Waals surface area contributed by atoms with Crippen LogP contribution in [-0.2, 0) is 0 Å². The van der Waals surface area contributed by atoms with Crippen molar-refractivity contribution in [3.63, 3.8) is 0 Å². The first-order valence-electron chi connectivity index (χ1n) is 5.88. The topological polar surface area (TPSA) is 39.2 Å². The third-order valence-corrected chi connectivity index (χ3v) is 2.91. The molecule has 0 fully saturated rings. The number of hydrogen-bond donors (Lipinski definition) is 0. The highest BCUT2D eigenvalue weighted by Crippen LogP contribution is 2.23. The summed E-state index contributed by atoms with van der Waals surface area (Å²) in [6.45, 7) is 3.47. The lowest BCUT2D eigenvalue weighted by Gasteiger charge is -2.25. The number of halogens is 1. The van der Waals surface area contributed by atoms with Crippen LogP contribution >= 0.6 is 11.6 Å². The molecule has 0 saturated heterocycles. The van der Waals surface area contributed by atoms with Gasteiger partial charge < -0.3 is 4.74 Å². The van der Waals surface area contributed by atoms with E-state index in [0.29, 0.717) is 16.3 Å². The number of rotatable bonds is 4. The number of ether oxygens (including phenoxy) is 1. The van der Waals surface area contributed by atoms with Crippen molar-refractivity contribution in [2.45, 2.75) is 19.4 Å². The van der Waals surface area contributed by atoms with Gasteiger partial charge in [0.1, 0.15) is 5.75 Å². The molecule has 0 bridgehead atoms. The number of Topliss-reactive ketones (excluding diaryl/α,β-unsaturated/α-hetero) is 1. The van der Waals surface area contributed by atoms with Crippen molar-refractivity contribution in [3.8, 4) is 5.75 Å². The molecule has 1 heterocycles. The maximum absolute atomic E-state index is 12.3. The number of benzene rings is 1. The molecule has 0 aliphatic heterocycles. The first-order chi connectivity index (χ1) is 8.99. The summed E-state index contributed by atoms with van der Waals surface area (Å²) in [5, 5.41) is 0.628. The SMILES string of the molecule is CC(C)(Oc1ccc(Cl)cc1)C(=O)c1cccnc1. The van der Waals surface area contributed by atoms with Crippen LogP contribution in [-0.4, -0.2) is 16.4 Å². The minimum Gasteiger partial charge on any atom is -0.480 e. The zero-order valence-corrected chi connectivity index (χ0v) is 11.5. The fourth-order valence-electron chi connectivity index (χ4n) is 1.69. The highest BCUT2D eigenvalue weighted by atomic mass is 35.5. The predicted octanol–water partition coefficient (Wildman–Crippen LogP) is 3.78. The summed E-state index contributed by atoms with van der Waals surface area (Å²) in [5.41, 5.74) is -0.432. The maximum Gasteiger partial charge on any atom is 0.207 e. The smallest absolute Gasteiger partial charge is 0.207 e. The minimum absolute atomic E-state index is 0.115. The maximum atomic E-state index is 12.3. The number of carbonyl (C=O) groups excluding carboxylic acids is 1. The molecule has 2 rings (SSSR count). The summed E-state index contributed by atoms with van der Waals surface area (Å²) >= 11 is 5.81. The van der Waals surface area contributed by atoms with E-state index in [-0.39, 0.29) is 5.78 Å². The highest BCUT2D eigenvalue weighted by molar-refractivity contribution is 6.30. The van der Waals surface area contributed by atoms with Gasteiger partial charge >= 0.3 is 0 Å². The van der Waals surface area contributed by atoms with Gasteiger partial charge in [-0.05, 0) is 50.2 Å². The molecule has 1 aromatic heterocycles. The van der Waals surface area contributed by atoms with Gasteiger partial charge in [-0.15, -0.1) is 0 Å². The fourth-order valence-corrected chi connectivity index (χ4v) is 1.81. The molecule has 0 unspecified atom stereocenters. The van der Waals surface area contributed by atoms with Crippen LogP contribution < -0.4 is 4.74 Å². The van der Waals surface area contributed by atoms with Crippen LogP contribution in [0.5, 0.6) is 5.75 Å². The Hall–Kier alpha value is -1.87. The molecular weight excluding hydrogens is 262 g/mol. The van der Waals surface area contributed by atoms with Crippen molar-refractivity contribution in [1.82, 2.24) is 4.98 Å². The van der Waals surface area contributed by atoms with Gasteiger partial charge in [0, 0.05) is 23.0 Å². The van der Waals surface area contributed by atoms with Crippen molar-refractivity contribution in [2.75, 3.05) is 0 Å². The number of aromatic nitrogens is 1. The van der Waals surface area contributed by atoms with E-state index in [9.17, 15) is 4.79 Å². The monoisotopic (exact) mass is 275 g/mol. The lowest BCUT2D eigenvalue weighted by Crippen LogP contribution is -2.38. The molecule has 0 N–H and O–H groups in total. The zero-order valence-electron chi connectivity index (χ0n) is 10.8. The molecule has 1 aromatic carbocycles. The molecule has 0 radical (unpaired) electrons. The largest absolute Gasteiger partial charge is 0.480 e. The summed E-state index contributed by atoms with van der Waals surface area (Å²) < 4.78 is 5.74. The van der Waals surface area contributed by atoms with Crippen molar-refractivity contribution >= 4 is 17.4 Å². The van der Waals surface area contributed by atoms with E-state index < -0.39 is 5.60 Å². The number of carbonyl (C=O) groups is 1. The fraction of sp³-hybridized carbons (Fsp3) is 0.200. The van der Waals surface area contributed by atoms with Crippen LogP contribution in [0.4, 0.5) is 0 Å². The molecule has 0 saturated carbocycles. The zero-order chi connectivity index (χ0) is 13.9. The Morgan fingerprint density at radius 3 is 2.47 bits per heavy atom. The second kappa shape index (κ2) is 5.41. The van der Waals surface area contributed by atoms with Crippen LogP contribution in [0, 0.1) is 0 Å². The average Bonchev–Trinajstić information content (AvgIpc) is 2.41. The molecule has 98 valence electrons. The van der Waals surface area contributed by atoms with E-state index in [4.69, 9.17) is 16.3 Å². The number of ketones is 1. The second-order valence-corrected chi connectivity index (χ2v) is 5.07. The number of pyridine rings is 1. The average molecular weight is 276 g/mol. The summed E-state index contributed by atoms with van der Waals surface area (Å²) in [6.07, 6.45) is 3.17. The van der Waals surface area contributed by atoms with E-state index >= 15 is 0 Å². The molecule has 3 nitrogen and oxygen atoms in total. The molecule has 0 aliphatic carbocycles. The van der Waals surface area contributed by atoms with Gasteiger partial charge in [-0.1, -0.05) is 11.6 Å². The first kappa shape index (κ1) is 13.6. The highest BCUT2D eigenvalue weighted by Gasteiger charge is 2.31. The van der Waals surface area contributed by atoms with E-state index in [1.165, 1.54) is 6.20 Å². The van der Waals surface area contributed by atoms with Crippen molar-refractivity contribution in [3.05, 3.63) is 59.4 Å². The Bertz CT molecular complexity index is 564. The summed E-state index contributed by atoms with van der Waals surface area (Å²) in [4.78, 5) is 16.3. The molecule has 0 aliphatic rings. The number of nitrogens with zero attached hydrogens (tertiary/aromatic N) is 1. The quantitative estimate of drug-likeness (QED) is 0.797. The van der Waals surface area contributed by atoms with Gasteiger partial charge in [0.15, 0.2) is 5.60 Å². The normalized spacial score (nSPS) is 11.1. The summed E-state index contributed by atoms with van der Waals surface area (Å²) in [7, 11) is 0. The van der Waals surface area contributed by atoms with Gasteiger partial charge in [0.25, 0.3) is 0 Å². The van der Waals surface area contributed by atoms with Gasteiger partial charge in [-0.3, -0.25) is 9.78 Å². The van der Waals surface area contributed by atoms with E-state index in [1.54, 1.807) is 56.4 Å². The first-order valence-corrected chi connectivity index (χ1v) is 6.26. The lowest BCUT2D eigenvalue weighted by molar-refractivity contribution is 0.0584. The Labute approximate surface area is 117 Å². The van der Waals surface area contributed by atoms with Crippen molar-refractivity contribution in [2.24, 2.45) is 0 Å². The van der Waals surface area contributed by atoms with Crippen molar-refractivity contribution < 1.29 is 9.53 Å². The van der Waals surface area contributed by atoms with Crippen LogP contribution in [0.25, 0.3) is 0 Å². The summed E-state index contributed by atoms with van der Waals surface area (Å²) in [6, 6.07) is 10.4. The van der Waals surface area contributed by atoms with E-state index in [1.807, 2.05) is 0 Å². The number of hydrogen-bond acceptors (Lipinski definition) is 3. The Morgan fingerprint density at radius 2 is 1.89 bits per heavy atom. The van der Waals surface area contributed by atoms with Crippen LogP contribution in [0.1, 0.15) is 24.2 Å². The van der Waals surface area contributed by atoms with Gasteiger partial charge in [-0.2, -0.15) is 0 Å². The molecule has 2 aromatic rings. The third kappa shape index (κ3) is 3.32. The molecule has 0 atom stereocenters. The van der Waals surface area contributed by atoms with Gasteiger partial charge in [-0.25, -0.2) is 0 Å². The lowest BCUT2D eigenvalue weighted by atomic mass is 9.97. The Morgan fingerprint density at radius 1 is 1.21 bits per heavy atom. The van der Waals surface area contributed by atoms with Crippen molar-refractivity contribution in [1.29, 1.82) is 0 Å². The van der Waals surface area contributed by atoms with Crippen LogP contribution in [0.3, 0.4) is 0 Å². The molecule has 4 heteroatoms. The molecular formula is C15H14ClNO2. The Balaban J connectivity index is 2.18. The third-order valence-electron chi connectivity index (χ3n) is 2.66. The van der Waals surface area contributed by atoms with E-state index in [0.717, 1.165) is 0 Å².